The summed E-state index contributed by atoms with van der Waals surface area (Å²) in [6, 6.07) is 15.2. The number of aromatic nitrogens is 2. The molecule has 12 nitrogen and oxygen atoms in total. The van der Waals surface area contributed by atoms with E-state index in [1.807, 2.05) is 6.07 Å². The van der Waals surface area contributed by atoms with E-state index < -0.39 is 12.1 Å². The third-order valence-corrected chi connectivity index (χ3v) is 7.28. The highest BCUT2D eigenvalue weighted by molar-refractivity contribution is 5.96. The number of hydrogen-bond donors (Lipinski definition) is 2. The summed E-state index contributed by atoms with van der Waals surface area (Å²) < 4.78 is 22.7. The molecule has 1 saturated heterocycles. The van der Waals surface area contributed by atoms with Gasteiger partial charge in [-0.3, -0.25) is 19.4 Å². The monoisotopic (exact) mass is 583 g/mol. The molecular weight excluding hydrogens is 554 g/mol. The summed E-state index contributed by atoms with van der Waals surface area (Å²) in [5.41, 5.74) is 2.71. The van der Waals surface area contributed by atoms with E-state index in [1.54, 1.807) is 66.6 Å². The fraction of sp³-hybridized carbons (Fsp3) is 0.258. The first-order valence-electron chi connectivity index (χ1n) is 13.7. The molecule has 0 aliphatic carbocycles. The second-order valence-electron chi connectivity index (χ2n) is 10.3. The Morgan fingerprint density at radius 3 is 2.67 bits per heavy atom. The van der Waals surface area contributed by atoms with Crippen LogP contribution in [0.1, 0.15) is 32.2 Å². The highest BCUT2D eigenvalue weighted by Crippen LogP contribution is 2.28. The fourth-order valence-corrected chi connectivity index (χ4v) is 5.08. The zero-order chi connectivity index (χ0) is 29.9. The van der Waals surface area contributed by atoms with Crippen molar-refractivity contribution in [3.05, 3.63) is 89.6 Å². The molecule has 7 rings (SSSR count). The van der Waals surface area contributed by atoms with E-state index in [1.165, 1.54) is 13.3 Å². The lowest BCUT2D eigenvalue weighted by Crippen LogP contribution is -2.45. The molecule has 43 heavy (non-hydrogen) atoms. The van der Waals surface area contributed by atoms with Crippen LogP contribution in [-0.4, -0.2) is 71.7 Å². The van der Waals surface area contributed by atoms with Crippen LogP contribution < -0.4 is 24.8 Å². The van der Waals surface area contributed by atoms with Crippen molar-refractivity contribution in [2.75, 3.05) is 26.8 Å². The smallest absolute Gasteiger partial charge is 0.276 e. The maximum absolute atomic E-state index is 13.5. The maximum Gasteiger partial charge on any atom is 0.276 e. The first kappa shape index (κ1) is 27.8. The SMILES string of the molecule is COc1cc2ccc1CNC(=O)COc1cccc(c1)-c1cncc(c1)C(=O)N[C@H]1CN(C(=O)c3cc(C)on3)C[C@@H]1O2. The predicted octanol–water partition coefficient (Wildman–Crippen LogP) is 2.76. The third kappa shape index (κ3) is 6.13. The number of aryl methyl sites for hydroxylation is 1. The van der Waals surface area contributed by atoms with Crippen LogP contribution in [0.15, 0.2) is 71.5 Å². The van der Waals surface area contributed by atoms with Gasteiger partial charge in [-0.25, -0.2) is 0 Å². The Labute approximate surface area is 246 Å². The van der Waals surface area contributed by atoms with Crippen LogP contribution >= 0.6 is 0 Å². The van der Waals surface area contributed by atoms with Gasteiger partial charge in [-0.05, 0) is 42.8 Å². The predicted molar refractivity (Wildman–Crippen MR) is 153 cm³/mol. The summed E-state index contributed by atoms with van der Waals surface area (Å²) in [7, 11) is 1.53. The molecule has 4 aromatic rings. The minimum Gasteiger partial charge on any atom is -0.496 e. The number of ether oxygens (including phenoxy) is 3. The Kier molecular flexibility index (Phi) is 7.65. The number of hydrogen-bond acceptors (Lipinski definition) is 9. The van der Waals surface area contributed by atoms with Crippen LogP contribution in [0, 0.1) is 6.92 Å². The molecule has 3 aliphatic heterocycles. The topological polar surface area (TPSA) is 145 Å². The number of carbonyl (C=O) groups excluding carboxylic acids is 3. The average Bonchev–Trinajstić information content (AvgIpc) is 3.64. The van der Waals surface area contributed by atoms with Crippen LogP contribution in [0.2, 0.25) is 0 Å². The first-order valence-corrected chi connectivity index (χ1v) is 13.7. The highest BCUT2D eigenvalue weighted by atomic mass is 16.5. The Morgan fingerprint density at radius 1 is 1.00 bits per heavy atom. The average molecular weight is 584 g/mol. The van der Waals surface area contributed by atoms with Gasteiger partial charge in [-0.15, -0.1) is 0 Å². The van der Waals surface area contributed by atoms with Gasteiger partial charge in [0.25, 0.3) is 17.7 Å². The van der Waals surface area contributed by atoms with Gasteiger partial charge in [-0.2, -0.15) is 0 Å². The van der Waals surface area contributed by atoms with Crippen LogP contribution in [0.5, 0.6) is 17.2 Å². The summed E-state index contributed by atoms with van der Waals surface area (Å²) in [5, 5.41) is 9.74. The Balaban J connectivity index is 1.34. The molecule has 6 bridgehead atoms. The summed E-state index contributed by atoms with van der Waals surface area (Å²) in [5.74, 6) is 0.993. The summed E-state index contributed by atoms with van der Waals surface area (Å²) in [6.45, 7) is 2.13. The van der Waals surface area contributed by atoms with Gasteiger partial charge in [0.15, 0.2) is 12.3 Å². The molecule has 0 spiro atoms. The van der Waals surface area contributed by atoms with Crippen molar-refractivity contribution in [2.45, 2.75) is 25.6 Å². The third-order valence-electron chi connectivity index (χ3n) is 7.28. The van der Waals surface area contributed by atoms with Crippen molar-refractivity contribution in [1.29, 1.82) is 0 Å². The fourth-order valence-electron chi connectivity index (χ4n) is 5.08. The van der Waals surface area contributed by atoms with Crippen LogP contribution in [0.3, 0.4) is 0 Å². The van der Waals surface area contributed by atoms with Crippen LogP contribution in [0.4, 0.5) is 0 Å². The molecule has 12 heteroatoms. The molecule has 2 N–H and O–H groups in total. The molecule has 2 aromatic carbocycles. The number of rotatable bonds is 2. The number of nitrogens with zero attached hydrogens (tertiary/aromatic N) is 3. The number of likely N-dealkylation sites (tertiary alicyclic amines) is 1. The van der Waals surface area contributed by atoms with E-state index in [4.69, 9.17) is 18.7 Å². The first-order chi connectivity index (χ1) is 20.9. The second-order valence-corrected chi connectivity index (χ2v) is 10.3. The Bertz CT molecular complexity index is 1690. The van der Waals surface area contributed by atoms with Gasteiger partial charge < -0.3 is 34.3 Å². The highest BCUT2D eigenvalue weighted by Gasteiger charge is 2.39. The van der Waals surface area contributed by atoms with Crippen LogP contribution in [-0.2, 0) is 11.3 Å². The van der Waals surface area contributed by atoms with Crippen LogP contribution in [0.25, 0.3) is 11.1 Å². The van der Waals surface area contributed by atoms with E-state index in [9.17, 15) is 14.4 Å². The molecule has 3 amide bonds. The van der Waals surface area contributed by atoms with Crippen molar-refractivity contribution in [3.63, 3.8) is 0 Å². The number of fused-ring (bicyclic) bond motifs is 7. The zero-order valence-corrected chi connectivity index (χ0v) is 23.5. The maximum atomic E-state index is 13.5. The molecule has 3 aliphatic rings. The number of pyridine rings is 1. The van der Waals surface area contributed by atoms with Crippen molar-refractivity contribution < 1.29 is 33.1 Å². The second kappa shape index (κ2) is 11.8. The minimum atomic E-state index is -0.591. The lowest BCUT2D eigenvalue weighted by atomic mass is 10.1. The molecule has 2 aromatic heterocycles. The summed E-state index contributed by atoms with van der Waals surface area (Å²) in [4.78, 5) is 45.1. The molecule has 2 atom stereocenters. The zero-order valence-electron chi connectivity index (χ0n) is 23.5. The van der Waals surface area contributed by atoms with Gasteiger partial charge in [0.2, 0.25) is 0 Å². The minimum absolute atomic E-state index is 0.178. The Morgan fingerprint density at radius 2 is 1.86 bits per heavy atom. The van der Waals surface area contributed by atoms with Crippen molar-refractivity contribution >= 4 is 17.7 Å². The molecule has 0 saturated carbocycles. The molecule has 0 radical (unpaired) electrons. The largest absolute Gasteiger partial charge is 0.496 e. The van der Waals surface area contributed by atoms with Gasteiger partial charge in [0.1, 0.15) is 29.1 Å². The molecular formula is C31H29N5O7. The van der Waals surface area contributed by atoms with E-state index in [-0.39, 0.29) is 49.7 Å². The summed E-state index contributed by atoms with van der Waals surface area (Å²) >= 11 is 0. The number of benzene rings is 2. The quantitative estimate of drug-likeness (QED) is 0.364. The number of methoxy groups -OCH3 is 1. The van der Waals surface area contributed by atoms with Gasteiger partial charge in [-0.1, -0.05) is 17.3 Å². The normalized spacial score (nSPS) is 18.5. The number of carbonyl (C=O) groups is 3. The molecule has 5 heterocycles. The summed E-state index contributed by atoms with van der Waals surface area (Å²) in [6.07, 6.45) is 2.53. The lowest BCUT2D eigenvalue weighted by Gasteiger charge is -2.22. The van der Waals surface area contributed by atoms with Crippen molar-refractivity contribution in [3.8, 4) is 28.4 Å². The number of amides is 3. The van der Waals surface area contributed by atoms with Gasteiger partial charge >= 0.3 is 0 Å². The van der Waals surface area contributed by atoms with Crippen molar-refractivity contribution in [2.24, 2.45) is 0 Å². The van der Waals surface area contributed by atoms with Crippen molar-refractivity contribution in [1.82, 2.24) is 25.7 Å². The van der Waals surface area contributed by atoms with E-state index in [2.05, 4.69) is 20.8 Å². The van der Waals surface area contributed by atoms with Gasteiger partial charge in [0.05, 0.1) is 25.3 Å². The molecule has 0 unspecified atom stereocenters. The van der Waals surface area contributed by atoms with E-state index >= 15 is 0 Å². The van der Waals surface area contributed by atoms with E-state index in [0.29, 0.717) is 34.1 Å². The molecule has 220 valence electrons. The lowest BCUT2D eigenvalue weighted by molar-refractivity contribution is -0.123. The Hall–Kier alpha value is -5.39. The molecule has 1 fully saturated rings. The van der Waals surface area contributed by atoms with E-state index in [0.717, 1.165) is 11.1 Å². The standard InChI is InChI=1S/C31H29N5O7/c1-18-8-25(35-43-18)31(39)36-15-26-28(16-36)42-24-7-6-20(27(11-24)40-2)14-33-29(37)17-41-23-5-3-4-19(10-23)21-9-22(13-32-12-21)30(38)34-26/h3-13,26,28H,14-17H2,1-2H3,(H,33,37)(H,34,38)/t26-,28-/m0/s1. The van der Waals surface area contributed by atoms with Gasteiger partial charge in [0, 0.05) is 48.7 Å². The number of nitrogens with one attached hydrogen (secondary N) is 2.